The van der Waals surface area contributed by atoms with Crippen molar-refractivity contribution in [3.63, 3.8) is 0 Å². The first kappa shape index (κ1) is 19.8. The number of piperidine rings is 1. The van der Waals surface area contributed by atoms with Crippen LogP contribution in [0.25, 0.3) is 0 Å². The summed E-state index contributed by atoms with van der Waals surface area (Å²) in [4.78, 5) is 24.4. The highest BCUT2D eigenvalue weighted by Crippen LogP contribution is 2.37. The van der Waals surface area contributed by atoms with Crippen molar-refractivity contribution in [3.05, 3.63) is 53.3 Å². The predicted octanol–water partition coefficient (Wildman–Crippen LogP) is 2.89. The maximum absolute atomic E-state index is 13.4. The number of benzene rings is 1. The molecule has 1 amide bonds. The summed E-state index contributed by atoms with van der Waals surface area (Å²) in [6.45, 7) is 7.38. The van der Waals surface area contributed by atoms with Gasteiger partial charge in [-0.3, -0.25) is 4.79 Å². The minimum atomic E-state index is -0.0695. The number of hydrogen-bond acceptors (Lipinski definition) is 5. The van der Waals surface area contributed by atoms with Gasteiger partial charge in [-0.2, -0.15) is 0 Å². The number of nitrogens with one attached hydrogen (secondary N) is 2. The Morgan fingerprint density at radius 3 is 2.72 bits per heavy atom. The topological polar surface area (TPSA) is 70.2 Å². The van der Waals surface area contributed by atoms with Crippen LogP contribution in [-0.4, -0.2) is 46.5 Å². The highest BCUT2D eigenvalue weighted by atomic mass is 16.2. The molecule has 2 aromatic rings. The summed E-state index contributed by atoms with van der Waals surface area (Å²) in [6, 6.07) is 10.9. The molecule has 0 saturated carbocycles. The van der Waals surface area contributed by atoms with Gasteiger partial charge >= 0.3 is 0 Å². The maximum atomic E-state index is 13.4. The Hall–Kier alpha value is -2.47. The molecule has 1 saturated heterocycles. The summed E-state index contributed by atoms with van der Waals surface area (Å²) in [5.41, 5.74) is 3.35. The van der Waals surface area contributed by atoms with E-state index in [1.807, 2.05) is 17.2 Å². The van der Waals surface area contributed by atoms with Gasteiger partial charge in [-0.15, -0.1) is 0 Å². The molecule has 2 aliphatic heterocycles. The van der Waals surface area contributed by atoms with Crippen LogP contribution < -0.4 is 10.6 Å². The van der Waals surface area contributed by atoms with Crippen LogP contribution in [0.15, 0.2) is 36.5 Å². The standard InChI is InChI=1S/C23H31N5O/c1-17(2)26-22-25-15-18-8-13-28(16-20(18)27-22)21(29)14-23(9-11-24-12-10-23)19-6-4-3-5-7-19/h3-7,15,17,24H,8-14,16H2,1-2H3,(H,25,26,27). The minimum Gasteiger partial charge on any atom is -0.352 e. The van der Waals surface area contributed by atoms with Crippen LogP contribution in [0, 0.1) is 0 Å². The summed E-state index contributed by atoms with van der Waals surface area (Å²) in [7, 11) is 0. The van der Waals surface area contributed by atoms with E-state index in [4.69, 9.17) is 0 Å². The first-order valence-electron chi connectivity index (χ1n) is 10.7. The minimum absolute atomic E-state index is 0.0695. The van der Waals surface area contributed by atoms with Gasteiger partial charge in [0.1, 0.15) is 0 Å². The van der Waals surface area contributed by atoms with Crippen LogP contribution in [0.1, 0.15) is 49.9 Å². The summed E-state index contributed by atoms with van der Waals surface area (Å²) in [6.07, 6.45) is 5.29. The second-order valence-electron chi connectivity index (χ2n) is 8.60. The number of amides is 1. The van der Waals surface area contributed by atoms with Gasteiger partial charge in [-0.1, -0.05) is 30.3 Å². The average molecular weight is 394 g/mol. The molecule has 1 aromatic heterocycles. The van der Waals surface area contributed by atoms with Gasteiger partial charge in [0, 0.05) is 30.6 Å². The van der Waals surface area contributed by atoms with Crippen LogP contribution in [0.4, 0.5) is 5.95 Å². The van der Waals surface area contributed by atoms with Crippen LogP contribution >= 0.6 is 0 Å². The van der Waals surface area contributed by atoms with Gasteiger partial charge in [-0.25, -0.2) is 9.97 Å². The van der Waals surface area contributed by atoms with Crippen LogP contribution in [0.2, 0.25) is 0 Å². The number of nitrogens with zero attached hydrogens (tertiary/aromatic N) is 3. The number of hydrogen-bond donors (Lipinski definition) is 2. The molecule has 3 heterocycles. The van der Waals surface area contributed by atoms with Gasteiger partial charge in [-0.05, 0) is 57.3 Å². The first-order valence-corrected chi connectivity index (χ1v) is 10.7. The Balaban J connectivity index is 1.51. The highest BCUT2D eigenvalue weighted by Gasteiger charge is 2.37. The molecule has 0 unspecified atom stereocenters. The summed E-state index contributed by atoms with van der Waals surface area (Å²) >= 11 is 0. The fraction of sp³-hybridized carbons (Fsp3) is 0.522. The summed E-state index contributed by atoms with van der Waals surface area (Å²) in [5, 5.41) is 6.71. The second kappa shape index (κ2) is 8.49. The Kier molecular flexibility index (Phi) is 5.81. The zero-order valence-electron chi connectivity index (χ0n) is 17.4. The zero-order chi connectivity index (χ0) is 20.3. The quantitative estimate of drug-likeness (QED) is 0.817. The number of carbonyl (C=O) groups excluding carboxylic acids is 1. The molecular formula is C23H31N5O. The van der Waals surface area contributed by atoms with E-state index >= 15 is 0 Å². The van der Waals surface area contributed by atoms with Gasteiger partial charge < -0.3 is 15.5 Å². The summed E-state index contributed by atoms with van der Waals surface area (Å²) in [5.74, 6) is 0.880. The van der Waals surface area contributed by atoms with Crippen LogP contribution in [0.5, 0.6) is 0 Å². The fourth-order valence-electron chi connectivity index (χ4n) is 4.51. The molecular weight excluding hydrogens is 362 g/mol. The molecule has 6 heteroatoms. The lowest BCUT2D eigenvalue weighted by molar-refractivity contribution is -0.133. The van der Waals surface area contributed by atoms with Crippen molar-refractivity contribution in [2.75, 3.05) is 25.0 Å². The molecule has 4 rings (SSSR count). The number of fused-ring (bicyclic) bond motifs is 1. The van der Waals surface area contributed by atoms with Gasteiger partial charge in [0.2, 0.25) is 11.9 Å². The number of aromatic nitrogens is 2. The van der Waals surface area contributed by atoms with Crippen molar-refractivity contribution in [3.8, 4) is 0 Å². The lowest BCUT2D eigenvalue weighted by Crippen LogP contribution is -2.45. The molecule has 0 bridgehead atoms. The van der Waals surface area contributed by atoms with Gasteiger partial charge in [0.05, 0.1) is 12.2 Å². The molecule has 6 nitrogen and oxygen atoms in total. The Morgan fingerprint density at radius 1 is 1.24 bits per heavy atom. The molecule has 29 heavy (non-hydrogen) atoms. The first-order chi connectivity index (χ1) is 14.1. The van der Waals surface area contributed by atoms with E-state index in [1.165, 1.54) is 5.56 Å². The third kappa shape index (κ3) is 4.42. The normalized spacial score (nSPS) is 18.4. The van der Waals surface area contributed by atoms with E-state index in [0.717, 1.165) is 50.2 Å². The van der Waals surface area contributed by atoms with E-state index in [-0.39, 0.29) is 17.4 Å². The molecule has 1 fully saturated rings. The van der Waals surface area contributed by atoms with Crippen molar-refractivity contribution in [2.24, 2.45) is 0 Å². The average Bonchev–Trinajstić information content (AvgIpc) is 2.74. The number of anilines is 1. The highest BCUT2D eigenvalue weighted by molar-refractivity contribution is 5.78. The van der Waals surface area contributed by atoms with Crippen molar-refractivity contribution >= 4 is 11.9 Å². The Labute approximate surface area is 173 Å². The predicted molar refractivity (Wildman–Crippen MR) is 115 cm³/mol. The summed E-state index contributed by atoms with van der Waals surface area (Å²) < 4.78 is 0. The van der Waals surface area contributed by atoms with Gasteiger partial charge in [0.15, 0.2) is 0 Å². The monoisotopic (exact) mass is 393 g/mol. The van der Waals surface area contributed by atoms with Gasteiger partial charge in [0.25, 0.3) is 0 Å². The largest absolute Gasteiger partial charge is 0.352 e. The van der Waals surface area contributed by atoms with Crippen molar-refractivity contribution in [1.29, 1.82) is 0 Å². The third-order valence-electron chi connectivity index (χ3n) is 6.15. The SMILES string of the molecule is CC(C)Nc1ncc2c(n1)CN(C(=O)CC1(c3ccccc3)CCNCC1)CC2. The Morgan fingerprint density at radius 2 is 2.00 bits per heavy atom. The molecule has 0 radical (unpaired) electrons. The Bertz CT molecular complexity index is 846. The van der Waals surface area contributed by atoms with Crippen molar-refractivity contribution in [1.82, 2.24) is 20.2 Å². The van der Waals surface area contributed by atoms with E-state index in [9.17, 15) is 4.79 Å². The van der Waals surface area contributed by atoms with Crippen molar-refractivity contribution in [2.45, 2.75) is 57.5 Å². The zero-order valence-corrected chi connectivity index (χ0v) is 17.4. The number of carbonyl (C=O) groups is 1. The van der Waals surface area contributed by atoms with Crippen LogP contribution in [0.3, 0.4) is 0 Å². The molecule has 0 atom stereocenters. The third-order valence-corrected chi connectivity index (χ3v) is 6.15. The molecule has 154 valence electrons. The lowest BCUT2D eigenvalue weighted by atomic mass is 9.70. The second-order valence-corrected chi connectivity index (χ2v) is 8.60. The fourth-order valence-corrected chi connectivity index (χ4v) is 4.51. The van der Waals surface area contributed by atoms with Crippen LogP contribution in [-0.2, 0) is 23.2 Å². The van der Waals surface area contributed by atoms with E-state index in [0.29, 0.717) is 18.9 Å². The molecule has 0 aliphatic carbocycles. The van der Waals surface area contributed by atoms with E-state index in [1.54, 1.807) is 0 Å². The molecule has 0 spiro atoms. The van der Waals surface area contributed by atoms with E-state index in [2.05, 4.69) is 58.7 Å². The number of rotatable bonds is 5. The lowest BCUT2D eigenvalue weighted by Gasteiger charge is -2.39. The molecule has 2 N–H and O–H groups in total. The molecule has 2 aliphatic rings. The smallest absolute Gasteiger partial charge is 0.223 e. The van der Waals surface area contributed by atoms with Crippen molar-refractivity contribution < 1.29 is 4.79 Å². The van der Waals surface area contributed by atoms with E-state index < -0.39 is 0 Å². The molecule has 1 aromatic carbocycles. The maximum Gasteiger partial charge on any atom is 0.223 e.